The molecule has 5 atom stereocenters. The van der Waals surface area contributed by atoms with Gasteiger partial charge in [-0.1, -0.05) is 339 Å². The Morgan fingerprint density at radius 1 is 0.261 bits per heavy atom. The molecule has 0 aliphatic rings. The predicted octanol–water partition coefficient (Wildman–Crippen LogP) is 26.3. The van der Waals surface area contributed by atoms with Crippen molar-refractivity contribution in [2.45, 2.75) is 360 Å². The molecule has 18 heteroatoms. The van der Waals surface area contributed by atoms with Crippen LogP contribution in [0.25, 0.3) is 0 Å². The Morgan fingerprint density at radius 3 is 0.757 bits per heavy atom. The number of phosphoric ester groups is 2. The fourth-order valence-electron chi connectivity index (χ4n) is 11.4. The number of hydrogen-bond donors (Lipinski definition) is 4. The molecule has 16 nitrogen and oxygen atoms in total. The topological polar surface area (TPSA) is 231 Å². The Morgan fingerprint density at radius 2 is 0.477 bits per heavy atom. The van der Waals surface area contributed by atoms with Gasteiger partial charge in [0.2, 0.25) is 0 Å². The number of esters is 3. The van der Waals surface area contributed by atoms with E-state index >= 15 is 0 Å². The highest BCUT2D eigenvalue weighted by molar-refractivity contribution is 7.47. The normalized spacial score (nSPS) is 14.7. The van der Waals surface area contributed by atoms with Gasteiger partial charge in [0.15, 0.2) is 6.10 Å². The second-order valence-corrected chi connectivity index (χ2v) is 31.5. The molecule has 0 bridgehead atoms. The van der Waals surface area contributed by atoms with Crippen molar-refractivity contribution in [1.29, 1.82) is 0 Å². The number of hydrogen-bond acceptors (Lipinski definition) is 14. The van der Waals surface area contributed by atoms with Crippen molar-refractivity contribution in [2.24, 2.45) is 0 Å². The lowest BCUT2D eigenvalue weighted by Gasteiger charge is -2.21. The van der Waals surface area contributed by atoms with Gasteiger partial charge < -0.3 is 34.2 Å². The van der Waals surface area contributed by atoms with E-state index in [4.69, 9.17) is 32.3 Å². The zero-order valence-electron chi connectivity index (χ0n) is 69.6. The quantitative estimate of drug-likeness (QED) is 0.0146. The van der Waals surface area contributed by atoms with Crippen molar-refractivity contribution >= 4 is 33.6 Å². The summed E-state index contributed by atoms with van der Waals surface area (Å²) >= 11 is 0. The first kappa shape index (κ1) is 106. The third-order valence-corrected chi connectivity index (χ3v) is 19.8. The molecular weight excluding hydrogens is 1430 g/mol. The van der Waals surface area contributed by atoms with Gasteiger partial charge in [-0.15, -0.1) is 0 Å². The van der Waals surface area contributed by atoms with Crippen molar-refractivity contribution in [3.63, 3.8) is 0 Å². The molecule has 634 valence electrons. The SMILES string of the molecule is CC/C=C\C/C=C\C/C=C\C/C=C\C/C=C\C/C=C\CCCCCCC(=O)OCC(COP(=O)(O)OCC(O)COP(=O)(O)OCC(O)COC(=O)CCCCCCCCCCCCCCCCCCC/C=C\C/C=C\C/C=C\C/C=C\C/C=C\CC)OC(=O)CCCCCCCC/C=C\C/C=C\C/C=C\CCCCC. The van der Waals surface area contributed by atoms with Crippen molar-refractivity contribution < 1.29 is 75.8 Å². The molecule has 0 rings (SSSR count). The molecule has 0 aromatic carbocycles. The largest absolute Gasteiger partial charge is 0.472 e. The van der Waals surface area contributed by atoms with E-state index in [2.05, 4.69) is 191 Å². The summed E-state index contributed by atoms with van der Waals surface area (Å²) in [6.45, 7) is 2.40. The molecule has 4 N–H and O–H groups in total. The van der Waals surface area contributed by atoms with E-state index in [1.54, 1.807) is 0 Å². The summed E-state index contributed by atoms with van der Waals surface area (Å²) in [4.78, 5) is 58.8. The monoisotopic (exact) mass is 1590 g/mol. The summed E-state index contributed by atoms with van der Waals surface area (Å²) in [5, 5.41) is 20.7. The molecule has 0 aromatic heterocycles. The van der Waals surface area contributed by atoms with E-state index in [-0.39, 0.29) is 19.3 Å². The van der Waals surface area contributed by atoms with Gasteiger partial charge in [-0.05, 0) is 154 Å². The average Bonchev–Trinajstić information content (AvgIpc) is 0.902. The second-order valence-electron chi connectivity index (χ2n) is 28.6. The minimum Gasteiger partial charge on any atom is -0.463 e. The van der Waals surface area contributed by atoms with E-state index < -0.39 is 91.5 Å². The lowest BCUT2D eigenvalue weighted by molar-refractivity contribution is -0.161. The third kappa shape index (κ3) is 85.6. The predicted molar refractivity (Wildman–Crippen MR) is 463 cm³/mol. The summed E-state index contributed by atoms with van der Waals surface area (Å²) in [5.74, 6) is -1.62. The van der Waals surface area contributed by atoms with Gasteiger partial charge in [0, 0.05) is 19.3 Å². The van der Waals surface area contributed by atoms with Crippen LogP contribution in [-0.2, 0) is 55.8 Å². The first-order chi connectivity index (χ1) is 54.2. The molecule has 0 fully saturated rings. The Labute approximate surface area is 675 Å². The smallest absolute Gasteiger partial charge is 0.463 e. The fraction of sp³-hybridized carbons (Fsp3) is 0.667. The Hall–Kier alpha value is -5.09. The summed E-state index contributed by atoms with van der Waals surface area (Å²) in [6, 6.07) is 0. The number of phosphoric acid groups is 2. The van der Waals surface area contributed by atoms with Gasteiger partial charge in [-0.3, -0.25) is 32.5 Å². The Balaban J connectivity index is 4.56. The number of carbonyl (C=O) groups excluding carboxylic acids is 3. The van der Waals surface area contributed by atoms with Crippen LogP contribution in [0.1, 0.15) is 342 Å². The molecular formula is C93H156O16P2. The molecule has 0 aromatic rings. The molecule has 0 aliphatic heterocycles. The maximum atomic E-state index is 13.0. The number of ether oxygens (including phenoxy) is 3. The maximum absolute atomic E-state index is 13.0. The number of rotatable bonds is 81. The summed E-state index contributed by atoms with van der Waals surface area (Å²) in [6.07, 6.45) is 108. The maximum Gasteiger partial charge on any atom is 0.472 e. The molecule has 0 saturated carbocycles. The molecule has 5 unspecified atom stereocenters. The van der Waals surface area contributed by atoms with Crippen molar-refractivity contribution in [2.75, 3.05) is 39.6 Å². The van der Waals surface area contributed by atoms with Crippen molar-refractivity contribution in [3.05, 3.63) is 170 Å². The van der Waals surface area contributed by atoms with Crippen LogP contribution < -0.4 is 0 Å². The second kappa shape index (κ2) is 84.3. The van der Waals surface area contributed by atoms with Crippen LogP contribution in [0, 0.1) is 0 Å². The molecule has 111 heavy (non-hydrogen) atoms. The van der Waals surface area contributed by atoms with Gasteiger partial charge >= 0.3 is 33.6 Å². The summed E-state index contributed by atoms with van der Waals surface area (Å²) < 4.78 is 61.3. The Bertz CT molecular complexity index is 2700. The van der Waals surface area contributed by atoms with Crippen LogP contribution in [0.2, 0.25) is 0 Å². The molecule has 0 heterocycles. The van der Waals surface area contributed by atoms with Crippen molar-refractivity contribution in [3.8, 4) is 0 Å². The van der Waals surface area contributed by atoms with Crippen LogP contribution in [-0.4, -0.2) is 95.9 Å². The van der Waals surface area contributed by atoms with Gasteiger partial charge in [0.1, 0.15) is 25.4 Å². The molecule has 0 radical (unpaired) electrons. The summed E-state index contributed by atoms with van der Waals surface area (Å²) in [7, 11) is -9.82. The van der Waals surface area contributed by atoms with Gasteiger partial charge in [-0.25, -0.2) is 9.13 Å². The van der Waals surface area contributed by atoms with E-state index in [9.17, 15) is 43.5 Å². The highest BCUT2D eigenvalue weighted by Gasteiger charge is 2.29. The first-order valence-corrected chi connectivity index (χ1v) is 46.4. The van der Waals surface area contributed by atoms with E-state index in [1.807, 2.05) is 0 Å². The van der Waals surface area contributed by atoms with E-state index in [1.165, 1.54) is 109 Å². The number of aliphatic hydroxyl groups excluding tert-OH is 2. The van der Waals surface area contributed by atoms with Gasteiger partial charge in [0.05, 0.1) is 26.4 Å². The van der Waals surface area contributed by atoms with Crippen molar-refractivity contribution in [1.82, 2.24) is 0 Å². The van der Waals surface area contributed by atoms with Crippen LogP contribution in [0.5, 0.6) is 0 Å². The average molecular weight is 1590 g/mol. The lowest BCUT2D eigenvalue weighted by atomic mass is 10.0. The molecule has 0 aliphatic carbocycles. The highest BCUT2D eigenvalue weighted by Crippen LogP contribution is 2.45. The van der Waals surface area contributed by atoms with Gasteiger partial charge in [0.25, 0.3) is 0 Å². The van der Waals surface area contributed by atoms with E-state index in [0.29, 0.717) is 19.3 Å². The fourth-order valence-corrected chi connectivity index (χ4v) is 13.0. The van der Waals surface area contributed by atoms with Crippen LogP contribution >= 0.6 is 15.6 Å². The minimum absolute atomic E-state index is 0.0789. The lowest BCUT2D eigenvalue weighted by Crippen LogP contribution is -2.30. The number of allylic oxidation sites excluding steroid dienone is 28. The first-order valence-electron chi connectivity index (χ1n) is 43.4. The zero-order valence-corrected chi connectivity index (χ0v) is 71.4. The molecule has 0 spiro atoms. The van der Waals surface area contributed by atoms with Gasteiger partial charge in [-0.2, -0.15) is 0 Å². The van der Waals surface area contributed by atoms with Crippen LogP contribution in [0.4, 0.5) is 0 Å². The zero-order chi connectivity index (χ0) is 80.8. The Kier molecular flexibility index (Phi) is 80.4. The summed E-state index contributed by atoms with van der Waals surface area (Å²) in [5.41, 5.74) is 0. The standard InChI is InChI=1S/C93H156O16P2/c1-4-7-10-13-16-19-22-25-28-31-34-36-38-39-40-41-42-43-44-45-46-47-49-51-53-55-58-61-64-67-70-73-76-79-91(96)103-82-88(94)83-105-110(99,100)106-84-89(95)85-107-111(101,102)108-87-90(109-93(98)81-78-75-72-69-66-63-60-57-52-33-30-27-24-21-18-15-12-9-6-3)86-104-92(97)80-77-74-71-68-65-62-59-56-54-50-48-37-35-32-29-26-23-20-17-14-11-8-5-2/h7-8,10-11,16-21,25-30,34-37,39-40,50,52,54,57,59,62,88-90,94-95H,4-6,9,12-15,22-24,31-33,38,41-49,51,53,55-56,58,60-61,63-87H2,1-3H3,(H,99,100)(H,101,102)/b10-7-,11-8-,19-16-,20-17-,21-18-,28-25-,29-26-,30-27-,36-34-,37-35-,40-39-,54-50-,57-52-,62-59-. The third-order valence-electron chi connectivity index (χ3n) is 17.9. The number of aliphatic hydroxyl groups is 2. The highest BCUT2D eigenvalue weighted by atomic mass is 31.2. The van der Waals surface area contributed by atoms with Crippen LogP contribution in [0.3, 0.4) is 0 Å². The number of carbonyl (C=O) groups is 3. The minimum atomic E-state index is -4.95. The number of unbranched alkanes of at least 4 members (excludes halogenated alkanes) is 30. The van der Waals surface area contributed by atoms with E-state index in [0.717, 1.165) is 173 Å². The van der Waals surface area contributed by atoms with Crippen LogP contribution in [0.15, 0.2) is 170 Å². The molecule has 0 amide bonds. The molecule has 0 saturated heterocycles.